The molecule has 0 saturated heterocycles. The van der Waals surface area contributed by atoms with E-state index in [1.165, 1.54) is 0 Å². The minimum atomic E-state index is 0.0940. The molecule has 4 heteroatoms. The molecule has 0 bridgehead atoms. The van der Waals surface area contributed by atoms with E-state index in [0.29, 0.717) is 18.4 Å². The predicted octanol–water partition coefficient (Wildman–Crippen LogP) is 1.57. The molecule has 2 N–H and O–H groups in total. The van der Waals surface area contributed by atoms with Gasteiger partial charge in [0.15, 0.2) is 0 Å². The van der Waals surface area contributed by atoms with Gasteiger partial charge in [0, 0.05) is 17.9 Å². The third-order valence-corrected chi connectivity index (χ3v) is 2.15. The maximum Gasteiger partial charge on any atom is 0.223 e. The maximum atomic E-state index is 8.71. The number of aromatic nitrogens is 2. The van der Waals surface area contributed by atoms with Crippen LogP contribution in [0.15, 0.2) is 6.07 Å². The summed E-state index contributed by atoms with van der Waals surface area (Å²) in [6.45, 7) is 6.87. The molecule has 15 heavy (non-hydrogen) atoms. The van der Waals surface area contributed by atoms with Crippen LogP contribution in [0.25, 0.3) is 0 Å². The van der Waals surface area contributed by atoms with Crippen molar-refractivity contribution in [3.63, 3.8) is 0 Å². The molecule has 1 aromatic heterocycles. The molecular formula is C11H19N3O. The van der Waals surface area contributed by atoms with Crippen molar-refractivity contribution in [2.75, 3.05) is 18.5 Å². The van der Waals surface area contributed by atoms with Crippen LogP contribution in [0, 0.1) is 0 Å². The summed E-state index contributed by atoms with van der Waals surface area (Å²) in [7, 11) is 0. The molecule has 0 fully saturated rings. The lowest BCUT2D eigenvalue weighted by Gasteiger charge is -2.10. The Labute approximate surface area is 90.8 Å². The van der Waals surface area contributed by atoms with Crippen LogP contribution in [-0.4, -0.2) is 28.2 Å². The molecule has 1 heterocycles. The van der Waals surface area contributed by atoms with Crippen molar-refractivity contribution >= 4 is 5.95 Å². The van der Waals surface area contributed by atoms with Gasteiger partial charge >= 0.3 is 0 Å². The van der Waals surface area contributed by atoms with Gasteiger partial charge in [-0.1, -0.05) is 20.8 Å². The minimum absolute atomic E-state index is 0.0940. The molecule has 0 aliphatic rings. The van der Waals surface area contributed by atoms with Gasteiger partial charge in [0.05, 0.1) is 6.61 Å². The Morgan fingerprint density at radius 1 is 1.40 bits per heavy atom. The van der Waals surface area contributed by atoms with Gasteiger partial charge in [-0.3, -0.25) is 0 Å². The summed E-state index contributed by atoms with van der Waals surface area (Å²) in [6, 6.07) is 2.04. The molecule has 0 radical (unpaired) electrons. The van der Waals surface area contributed by atoms with E-state index in [1.54, 1.807) is 0 Å². The highest BCUT2D eigenvalue weighted by molar-refractivity contribution is 5.29. The van der Waals surface area contributed by atoms with E-state index < -0.39 is 0 Å². The number of nitrogens with one attached hydrogen (secondary N) is 1. The quantitative estimate of drug-likeness (QED) is 0.772. The van der Waals surface area contributed by atoms with E-state index in [4.69, 9.17) is 5.11 Å². The fourth-order valence-corrected chi connectivity index (χ4v) is 1.24. The van der Waals surface area contributed by atoms with Gasteiger partial charge in [0.2, 0.25) is 5.95 Å². The van der Waals surface area contributed by atoms with Crippen molar-refractivity contribution in [2.45, 2.75) is 33.1 Å². The zero-order valence-electron chi connectivity index (χ0n) is 9.62. The van der Waals surface area contributed by atoms with Crippen LogP contribution in [0.4, 0.5) is 5.95 Å². The molecule has 0 aliphatic heterocycles. The summed E-state index contributed by atoms with van der Waals surface area (Å²) in [4.78, 5) is 8.72. The highest BCUT2D eigenvalue weighted by Gasteiger charge is 2.06. The summed E-state index contributed by atoms with van der Waals surface area (Å²) in [5, 5.41) is 11.7. The molecule has 84 valence electrons. The van der Waals surface area contributed by atoms with Crippen molar-refractivity contribution in [3.05, 3.63) is 17.5 Å². The molecular weight excluding hydrogens is 190 g/mol. The number of anilines is 1. The summed E-state index contributed by atoms with van der Waals surface area (Å²) in [5.41, 5.74) is 2.08. The average Bonchev–Trinajstić information content (AvgIpc) is 2.25. The van der Waals surface area contributed by atoms with Gasteiger partial charge in [0.25, 0.3) is 0 Å². The Bertz CT molecular complexity index is 313. The molecule has 0 unspecified atom stereocenters. The Morgan fingerprint density at radius 3 is 2.67 bits per heavy atom. The van der Waals surface area contributed by atoms with E-state index in [0.717, 1.165) is 17.8 Å². The molecule has 4 nitrogen and oxygen atoms in total. The molecule has 0 spiro atoms. The Kier molecular flexibility index (Phi) is 4.49. The molecule has 1 rings (SSSR count). The van der Waals surface area contributed by atoms with E-state index in [2.05, 4.69) is 36.1 Å². The predicted molar refractivity (Wildman–Crippen MR) is 61.1 cm³/mol. The van der Waals surface area contributed by atoms with Gasteiger partial charge in [0.1, 0.15) is 0 Å². The second kappa shape index (κ2) is 5.66. The largest absolute Gasteiger partial charge is 0.395 e. The third kappa shape index (κ3) is 3.47. The Morgan fingerprint density at radius 2 is 2.13 bits per heavy atom. The van der Waals surface area contributed by atoms with Gasteiger partial charge < -0.3 is 10.4 Å². The first kappa shape index (κ1) is 11.9. The zero-order chi connectivity index (χ0) is 11.3. The Balaban J connectivity index is 2.90. The molecule has 0 aliphatic carbocycles. The zero-order valence-corrected chi connectivity index (χ0v) is 9.62. The van der Waals surface area contributed by atoms with Gasteiger partial charge in [-0.2, -0.15) is 0 Å². The van der Waals surface area contributed by atoms with Crippen molar-refractivity contribution in [3.8, 4) is 0 Å². The number of rotatable bonds is 5. The van der Waals surface area contributed by atoms with E-state index >= 15 is 0 Å². The highest BCUT2D eigenvalue weighted by Crippen LogP contribution is 2.14. The average molecular weight is 209 g/mol. The second-order valence-electron chi connectivity index (χ2n) is 3.77. The van der Waals surface area contributed by atoms with Crippen LogP contribution in [0.3, 0.4) is 0 Å². The van der Waals surface area contributed by atoms with E-state index in [9.17, 15) is 0 Å². The molecule has 0 saturated carbocycles. The van der Waals surface area contributed by atoms with Crippen molar-refractivity contribution in [1.82, 2.24) is 9.97 Å². The van der Waals surface area contributed by atoms with Crippen LogP contribution in [0.1, 0.15) is 38.1 Å². The van der Waals surface area contributed by atoms with Crippen molar-refractivity contribution in [1.29, 1.82) is 0 Å². The topological polar surface area (TPSA) is 58.0 Å². The number of nitrogens with zero attached hydrogens (tertiary/aromatic N) is 2. The van der Waals surface area contributed by atoms with Crippen LogP contribution in [-0.2, 0) is 6.42 Å². The summed E-state index contributed by atoms with van der Waals surface area (Å²) in [6.07, 6.45) is 0.899. The van der Waals surface area contributed by atoms with Crippen LogP contribution in [0.2, 0.25) is 0 Å². The minimum Gasteiger partial charge on any atom is -0.395 e. The molecule has 0 amide bonds. The number of aliphatic hydroxyl groups is 1. The van der Waals surface area contributed by atoms with Gasteiger partial charge in [-0.25, -0.2) is 9.97 Å². The van der Waals surface area contributed by atoms with Gasteiger partial charge in [-0.15, -0.1) is 0 Å². The fourth-order valence-electron chi connectivity index (χ4n) is 1.24. The first-order chi connectivity index (χ1) is 7.17. The highest BCUT2D eigenvalue weighted by atomic mass is 16.3. The van der Waals surface area contributed by atoms with Crippen molar-refractivity contribution in [2.24, 2.45) is 0 Å². The van der Waals surface area contributed by atoms with Crippen LogP contribution >= 0.6 is 0 Å². The lowest BCUT2D eigenvalue weighted by atomic mass is 10.1. The Hall–Kier alpha value is -1.16. The fraction of sp³-hybridized carbons (Fsp3) is 0.636. The number of aliphatic hydroxyl groups excluding tert-OH is 1. The number of hydrogen-bond acceptors (Lipinski definition) is 4. The monoisotopic (exact) mass is 209 g/mol. The summed E-state index contributed by atoms with van der Waals surface area (Å²) < 4.78 is 0. The SMILES string of the molecule is CCc1cc(C(C)C)nc(NCCO)n1. The smallest absolute Gasteiger partial charge is 0.223 e. The van der Waals surface area contributed by atoms with Crippen LogP contribution < -0.4 is 5.32 Å². The maximum absolute atomic E-state index is 8.71. The summed E-state index contributed by atoms with van der Waals surface area (Å²) in [5.74, 6) is 1.01. The normalized spacial score (nSPS) is 10.7. The van der Waals surface area contributed by atoms with Crippen molar-refractivity contribution < 1.29 is 5.11 Å². The molecule has 1 aromatic rings. The molecule has 0 aromatic carbocycles. The third-order valence-electron chi connectivity index (χ3n) is 2.15. The first-order valence-corrected chi connectivity index (χ1v) is 5.40. The number of hydrogen-bond donors (Lipinski definition) is 2. The van der Waals surface area contributed by atoms with Gasteiger partial charge in [-0.05, 0) is 18.4 Å². The summed E-state index contributed by atoms with van der Waals surface area (Å²) >= 11 is 0. The molecule has 0 atom stereocenters. The second-order valence-corrected chi connectivity index (χ2v) is 3.77. The first-order valence-electron chi connectivity index (χ1n) is 5.40. The van der Waals surface area contributed by atoms with Crippen LogP contribution in [0.5, 0.6) is 0 Å². The van der Waals surface area contributed by atoms with E-state index in [-0.39, 0.29) is 6.61 Å². The lowest BCUT2D eigenvalue weighted by Crippen LogP contribution is -2.11. The van der Waals surface area contributed by atoms with E-state index in [1.807, 2.05) is 6.07 Å². The lowest BCUT2D eigenvalue weighted by molar-refractivity contribution is 0.310. The standard InChI is InChI=1S/C11H19N3O/c1-4-9-7-10(8(2)3)14-11(13-9)12-5-6-15/h7-8,15H,4-6H2,1-3H3,(H,12,13,14). The number of aryl methyl sites for hydroxylation is 1.